The molecule has 0 amide bonds. The molecule has 6 heteroatoms. The van der Waals surface area contributed by atoms with Gasteiger partial charge in [-0.3, -0.25) is 0 Å². The number of nitrogens with one attached hydrogen (secondary N) is 1. The molecule has 0 fully saturated rings. The lowest BCUT2D eigenvalue weighted by Gasteiger charge is -2.26. The minimum absolute atomic E-state index is 0.216. The van der Waals surface area contributed by atoms with Crippen molar-refractivity contribution < 1.29 is 8.42 Å². The van der Waals surface area contributed by atoms with E-state index in [1.54, 1.807) is 0 Å². The van der Waals surface area contributed by atoms with E-state index in [1.165, 1.54) is 21.8 Å². The van der Waals surface area contributed by atoms with E-state index in [0.29, 0.717) is 12.5 Å². The Labute approximate surface area is 125 Å². The number of rotatable bonds is 6. The highest BCUT2D eigenvalue weighted by Crippen LogP contribution is 2.34. The molecule has 4 nitrogen and oxygen atoms in total. The summed E-state index contributed by atoms with van der Waals surface area (Å²) in [5.74, 6) is 0.254. The number of hydrogen-bond acceptors (Lipinski definition) is 5. The van der Waals surface area contributed by atoms with E-state index >= 15 is 0 Å². The second-order valence-corrected chi connectivity index (χ2v) is 9.08. The van der Waals surface area contributed by atoms with Crippen molar-refractivity contribution in [2.45, 2.75) is 58.0 Å². The van der Waals surface area contributed by atoms with Gasteiger partial charge in [0, 0.05) is 23.2 Å². The first-order chi connectivity index (χ1) is 9.39. The van der Waals surface area contributed by atoms with Gasteiger partial charge in [0.2, 0.25) is 0 Å². The minimum atomic E-state index is -2.87. The summed E-state index contributed by atoms with van der Waals surface area (Å²) in [5.41, 5.74) is 1.26. The number of sulfone groups is 1. The molecular formula is C14H24N2O2S2. The van der Waals surface area contributed by atoms with Crippen molar-refractivity contribution in [1.29, 1.82) is 0 Å². The predicted octanol–water partition coefficient (Wildman–Crippen LogP) is 2.50. The number of nitrogens with zero attached hydrogens (tertiary/aromatic N) is 1. The Bertz CT molecular complexity index is 552. The van der Waals surface area contributed by atoms with Crippen molar-refractivity contribution in [1.82, 2.24) is 10.3 Å². The van der Waals surface area contributed by atoms with E-state index in [0.717, 1.165) is 25.7 Å². The third-order valence-corrected chi connectivity index (χ3v) is 6.04. The maximum Gasteiger partial charge on any atom is 0.147 e. The van der Waals surface area contributed by atoms with Crippen LogP contribution in [-0.2, 0) is 22.7 Å². The van der Waals surface area contributed by atoms with Gasteiger partial charge in [0.05, 0.1) is 16.5 Å². The zero-order valence-electron chi connectivity index (χ0n) is 12.5. The summed E-state index contributed by atoms with van der Waals surface area (Å²) >= 11 is 1.82. The van der Waals surface area contributed by atoms with Gasteiger partial charge in [-0.25, -0.2) is 13.4 Å². The van der Waals surface area contributed by atoms with Gasteiger partial charge in [-0.1, -0.05) is 6.92 Å². The fourth-order valence-corrected chi connectivity index (χ4v) is 4.53. The molecule has 0 unspecified atom stereocenters. The number of aryl methyl sites for hydroxylation is 2. The number of fused-ring (bicyclic) bond motifs is 1. The quantitative estimate of drug-likeness (QED) is 0.876. The second-order valence-electron chi connectivity index (χ2n) is 5.70. The summed E-state index contributed by atoms with van der Waals surface area (Å²) in [5, 5.41) is 4.81. The zero-order chi connectivity index (χ0) is 14.8. The SMILES string of the molecule is CCc1nc2c(s1)[C@H](N[C@H](C)CCS(C)(=O)=O)CCC2. The molecule has 0 saturated heterocycles. The first-order valence-electron chi connectivity index (χ1n) is 7.31. The lowest BCUT2D eigenvalue weighted by Crippen LogP contribution is -2.33. The van der Waals surface area contributed by atoms with Gasteiger partial charge in [0.1, 0.15) is 9.84 Å². The van der Waals surface area contributed by atoms with Crippen molar-refractivity contribution in [3.63, 3.8) is 0 Å². The van der Waals surface area contributed by atoms with Crippen LogP contribution in [0.2, 0.25) is 0 Å². The Hall–Kier alpha value is -0.460. The third kappa shape index (κ3) is 4.27. The van der Waals surface area contributed by atoms with Crippen LogP contribution in [0.1, 0.15) is 54.7 Å². The van der Waals surface area contributed by atoms with E-state index in [9.17, 15) is 8.42 Å². The van der Waals surface area contributed by atoms with Crippen LogP contribution in [0.3, 0.4) is 0 Å². The summed E-state index contributed by atoms with van der Waals surface area (Å²) in [4.78, 5) is 6.07. The van der Waals surface area contributed by atoms with Crippen LogP contribution in [0.4, 0.5) is 0 Å². The minimum Gasteiger partial charge on any atom is -0.307 e. The molecule has 20 heavy (non-hydrogen) atoms. The van der Waals surface area contributed by atoms with Gasteiger partial charge in [-0.05, 0) is 39.0 Å². The topological polar surface area (TPSA) is 59.1 Å². The van der Waals surface area contributed by atoms with Crippen molar-refractivity contribution >= 4 is 21.2 Å². The lowest BCUT2D eigenvalue weighted by molar-refractivity contribution is 0.406. The normalized spacial score (nSPS) is 20.6. The van der Waals surface area contributed by atoms with Crippen LogP contribution < -0.4 is 5.32 Å². The van der Waals surface area contributed by atoms with Crippen molar-refractivity contribution in [2.24, 2.45) is 0 Å². The summed E-state index contributed by atoms with van der Waals surface area (Å²) in [6.45, 7) is 4.21. The molecule has 0 aromatic carbocycles. The Morgan fingerprint density at radius 2 is 2.25 bits per heavy atom. The first kappa shape index (κ1) is 15.9. The Kier molecular flexibility index (Phi) is 5.20. The molecule has 1 N–H and O–H groups in total. The molecule has 1 heterocycles. The number of aromatic nitrogens is 1. The summed E-state index contributed by atoms with van der Waals surface area (Å²) in [6.07, 6.45) is 6.34. The van der Waals surface area contributed by atoms with Gasteiger partial charge in [-0.2, -0.15) is 0 Å². The molecule has 0 saturated carbocycles. The van der Waals surface area contributed by atoms with Gasteiger partial charge >= 0.3 is 0 Å². The average molecular weight is 316 g/mol. The zero-order valence-corrected chi connectivity index (χ0v) is 14.1. The molecule has 0 aliphatic heterocycles. The molecule has 2 atom stereocenters. The molecule has 1 aliphatic carbocycles. The maximum absolute atomic E-state index is 11.2. The standard InChI is InChI=1S/C14H24N2O2S2/c1-4-13-16-12-7-5-6-11(14(12)19-13)15-10(2)8-9-20(3,17)18/h10-11,15H,4-9H2,1-3H3/t10-,11-/m1/s1. The monoisotopic (exact) mass is 316 g/mol. The van der Waals surface area contributed by atoms with E-state index in [2.05, 4.69) is 19.2 Å². The van der Waals surface area contributed by atoms with Gasteiger partial charge in [-0.15, -0.1) is 11.3 Å². The Balaban J connectivity index is 1.99. The first-order valence-corrected chi connectivity index (χ1v) is 10.2. The third-order valence-electron chi connectivity index (χ3n) is 3.70. The Morgan fingerprint density at radius 3 is 2.90 bits per heavy atom. The summed E-state index contributed by atoms with van der Waals surface area (Å²) in [7, 11) is -2.87. The molecule has 2 rings (SSSR count). The van der Waals surface area contributed by atoms with Crippen LogP contribution in [-0.4, -0.2) is 31.5 Å². The fraction of sp³-hybridized carbons (Fsp3) is 0.786. The van der Waals surface area contributed by atoms with E-state index in [-0.39, 0.29) is 11.8 Å². The second kappa shape index (κ2) is 6.54. The fourth-order valence-electron chi connectivity index (χ4n) is 2.60. The molecule has 1 aromatic rings. The largest absolute Gasteiger partial charge is 0.307 e. The van der Waals surface area contributed by atoms with E-state index < -0.39 is 9.84 Å². The Morgan fingerprint density at radius 1 is 1.50 bits per heavy atom. The van der Waals surface area contributed by atoms with Crippen molar-refractivity contribution in [3.8, 4) is 0 Å². The molecular weight excluding hydrogens is 292 g/mol. The summed E-state index contributed by atoms with van der Waals surface area (Å²) in [6, 6.07) is 0.568. The van der Waals surface area contributed by atoms with E-state index in [4.69, 9.17) is 4.98 Å². The van der Waals surface area contributed by atoms with Crippen LogP contribution in [0.25, 0.3) is 0 Å². The molecule has 1 aliphatic rings. The molecule has 1 aromatic heterocycles. The van der Waals surface area contributed by atoms with Crippen LogP contribution in [0, 0.1) is 0 Å². The molecule has 0 spiro atoms. The maximum atomic E-state index is 11.2. The molecule has 114 valence electrons. The van der Waals surface area contributed by atoms with Crippen molar-refractivity contribution in [3.05, 3.63) is 15.6 Å². The van der Waals surface area contributed by atoms with Crippen LogP contribution in [0.5, 0.6) is 0 Å². The van der Waals surface area contributed by atoms with E-state index in [1.807, 2.05) is 11.3 Å². The van der Waals surface area contributed by atoms with Crippen molar-refractivity contribution in [2.75, 3.05) is 12.0 Å². The van der Waals surface area contributed by atoms with Gasteiger partial charge < -0.3 is 5.32 Å². The predicted molar refractivity (Wildman–Crippen MR) is 84.1 cm³/mol. The average Bonchev–Trinajstić information content (AvgIpc) is 2.80. The van der Waals surface area contributed by atoms with Gasteiger partial charge in [0.25, 0.3) is 0 Å². The smallest absolute Gasteiger partial charge is 0.147 e. The molecule has 0 bridgehead atoms. The lowest BCUT2D eigenvalue weighted by atomic mass is 9.97. The number of hydrogen-bond donors (Lipinski definition) is 1. The number of thiazole rings is 1. The summed E-state index contributed by atoms with van der Waals surface area (Å²) < 4.78 is 22.5. The highest BCUT2D eigenvalue weighted by atomic mass is 32.2. The highest BCUT2D eigenvalue weighted by Gasteiger charge is 2.25. The highest BCUT2D eigenvalue weighted by molar-refractivity contribution is 7.90. The van der Waals surface area contributed by atoms with Crippen LogP contribution >= 0.6 is 11.3 Å². The molecule has 0 radical (unpaired) electrons. The van der Waals surface area contributed by atoms with Crippen LogP contribution in [0.15, 0.2) is 0 Å². The van der Waals surface area contributed by atoms with Gasteiger partial charge in [0.15, 0.2) is 0 Å².